The highest BCUT2D eigenvalue weighted by molar-refractivity contribution is 5.87. The van der Waals surface area contributed by atoms with Crippen LogP contribution in [-0.2, 0) is 9.53 Å². The van der Waals surface area contributed by atoms with Gasteiger partial charge in [-0.25, -0.2) is 4.79 Å². The fraction of sp³-hybridized carbons (Fsp3) is 0. The molecule has 0 bridgehead atoms. The molecule has 0 saturated carbocycles. The standard InChI is InChI=1S/C17H12O2/c18-17-11-10-16(19-17)12-13-6-8-15(9-7-13)14-4-2-1-3-5-14/h1-12H/b16-12-. The Morgan fingerprint density at radius 3 is 2.11 bits per heavy atom. The fourth-order valence-corrected chi connectivity index (χ4v) is 1.98. The maximum atomic E-state index is 10.9. The highest BCUT2D eigenvalue weighted by Gasteiger charge is 2.08. The molecule has 0 N–H and O–H groups in total. The Hall–Kier alpha value is -2.61. The molecule has 2 nitrogen and oxygen atoms in total. The summed E-state index contributed by atoms with van der Waals surface area (Å²) in [6, 6.07) is 18.3. The maximum absolute atomic E-state index is 10.9. The van der Waals surface area contributed by atoms with Gasteiger partial charge >= 0.3 is 5.97 Å². The smallest absolute Gasteiger partial charge is 0.336 e. The van der Waals surface area contributed by atoms with Gasteiger partial charge in [0, 0.05) is 6.08 Å². The van der Waals surface area contributed by atoms with Gasteiger partial charge < -0.3 is 4.74 Å². The first kappa shape index (κ1) is 11.5. The van der Waals surface area contributed by atoms with E-state index in [0.29, 0.717) is 5.76 Å². The lowest BCUT2D eigenvalue weighted by atomic mass is 10.0. The Kier molecular flexibility index (Phi) is 2.99. The van der Waals surface area contributed by atoms with Crippen molar-refractivity contribution in [3.05, 3.63) is 78.1 Å². The average molecular weight is 248 g/mol. The number of benzene rings is 2. The molecule has 0 fully saturated rings. The van der Waals surface area contributed by atoms with Gasteiger partial charge in [0.1, 0.15) is 5.76 Å². The topological polar surface area (TPSA) is 26.3 Å². The summed E-state index contributed by atoms with van der Waals surface area (Å²) in [6.45, 7) is 0. The lowest BCUT2D eigenvalue weighted by molar-refractivity contribution is -0.132. The second-order valence-corrected chi connectivity index (χ2v) is 4.29. The second-order valence-electron chi connectivity index (χ2n) is 4.29. The quantitative estimate of drug-likeness (QED) is 0.755. The summed E-state index contributed by atoms with van der Waals surface area (Å²) in [5.74, 6) is 0.268. The maximum Gasteiger partial charge on any atom is 0.336 e. The van der Waals surface area contributed by atoms with Gasteiger partial charge in [-0.1, -0.05) is 54.6 Å². The predicted octanol–water partition coefficient (Wildman–Crippen LogP) is 3.81. The molecule has 0 atom stereocenters. The van der Waals surface area contributed by atoms with Gasteiger partial charge in [-0.15, -0.1) is 0 Å². The monoisotopic (exact) mass is 248 g/mol. The van der Waals surface area contributed by atoms with Gasteiger partial charge in [0.05, 0.1) is 0 Å². The van der Waals surface area contributed by atoms with E-state index in [1.807, 2.05) is 36.4 Å². The number of esters is 1. The van der Waals surface area contributed by atoms with Crippen LogP contribution in [0.25, 0.3) is 17.2 Å². The summed E-state index contributed by atoms with van der Waals surface area (Å²) < 4.78 is 4.99. The first-order chi connectivity index (χ1) is 9.31. The third-order valence-electron chi connectivity index (χ3n) is 2.93. The summed E-state index contributed by atoms with van der Waals surface area (Å²) >= 11 is 0. The molecule has 0 saturated heterocycles. The van der Waals surface area contributed by atoms with Crippen molar-refractivity contribution in [2.24, 2.45) is 0 Å². The number of hydrogen-bond acceptors (Lipinski definition) is 2. The van der Waals surface area contributed by atoms with Crippen LogP contribution in [0.3, 0.4) is 0 Å². The van der Waals surface area contributed by atoms with Gasteiger partial charge in [0.15, 0.2) is 0 Å². The first-order valence-corrected chi connectivity index (χ1v) is 6.08. The van der Waals surface area contributed by atoms with Crippen LogP contribution in [0.4, 0.5) is 0 Å². The lowest BCUT2D eigenvalue weighted by Gasteiger charge is -2.02. The summed E-state index contributed by atoms with van der Waals surface area (Å²) in [4.78, 5) is 10.9. The van der Waals surface area contributed by atoms with Crippen LogP contribution in [0.15, 0.2) is 72.5 Å². The van der Waals surface area contributed by atoms with E-state index < -0.39 is 0 Å². The molecule has 0 spiro atoms. The number of allylic oxidation sites excluding steroid dienone is 1. The predicted molar refractivity (Wildman–Crippen MR) is 75.1 cm³/mol. The molecule has 0 radical (unpaired) electrons. The van der Waals surface area contributed by atoms with Gasteiger partial charge in [0.25, 0.3) is 0 Å². The zero-order valence-electron chi connectivity index (χ0n) is 10.2. The van der Waals surface area contributed by atoms with E-state index in [4.69, 9.17) is 4.74 Å². The van der Waals surface area contributed by atoms with E-state index in [0.717, 1.165) is 5.56 Å². The van der Waals surface area contributed by atoms with Crippen molar-refractivity contribution in [3.63, 3.8) is 0 Å². The van der Waals surface area contributed by atoms with Crippen molar-refractivity contribution in [1.82, 2.24) is 0 Å². The van der Waals surface area contributed by atoms with E-state index in [1.54, 1.807) is 6.08 Å². The highest BCUT2D eigenvalue weighted by Crippen LogP contribution is 2.21. The molecule has 0 aliphatic carbocycles. The van der Waals surface area contributed by atoms with Gasteiger partial charge in [-0.2, -0.15) is 0 Å². The summed E-state index contributed by atoms with van der Waals surface area (Å²) in [5.41, 5.74) is 3.37. The molecular formula is C17H12O2. The number of rotatable bonds is 2. The molecule has 0 unspecified atom stereocenters. The Balaban J connectivity index is 1.84. The Morgan fingerprint density at radius 1 is 0.789 bits per heavy atom. The Morgan fingerprint density at radius 2 is 1.47 bits per heavy atom. The largest absolute Gasteiger partial charge is 0.423 e. The number of cyclic esters (lactones) is 1. The molecule has 0 amide bonds. The SMILES string of the molecule is O=C1C=C/C(=C/c2ccc(-c3ccccc3)cc2)O1. The van der Waals surface area contributed by atoms with Gasteiger partial charge in [-0.3, -0.25) is 0 Å². The van der Waals surface area contributed by atoms with E-state index in [9.17, 15) is 4.79 Å². The van der Waals surface area contributed by atoms with Crippen LogP contribution in [0.2, 0.25) is 0 Å². The van der Waals surface area contributed by atoms with Crippen LogP contribution in [0.5, 0.6) is 0 Å². The average Bonchev–Trinajstić information content (AvgIpc) is 2.86. The molecule has 19 heavy (non-hydrogen) atoms. The summed E-state index contributed by atoms with van der Waals surface area (Å²) in [6.07, 6.45) is 4.94. The van der Waals surface area contributed by atoms with Gasteiger partial charge in [-0.05, 0) is 28.8 Å². The van der Waals surface area contributed by atoms with Crippen molar-refractivity contribution in [2.45, 2.75) is 0 Å². The molecule has 2 aromatic carbocycles. The van der Waals surface area contributed by atoms with Crippen molar-refractivity contribution in [3.8, 4) is 11.1 Å². The van der Waals surface area contributed by atoms with Crippen molar-refractivity contribution in [1.29, 1.82) is 0 Å². The van der Waals surface area contributed by atoms with E-state index >= 15 is 0 Å². The molecule has 92 valence electrons. The normalized spacial score (nSPS) is 15.8. The molecular weight excluding hydrogens is 236 g/mol. The molecule has 2 heteroatoms. The van der Waals surface area contributed by atoms with Gasteiger partial charge in [0.2, 0.25) is 0 Å². The minimum absolute atomic E-state index is 0.313. The molecule has 1 heterocycles. The van der Waals surface area contributed by atoms with Crippen molar-refractivity contribution >= 4 is 12.0 Å². The number of carbonyl (C=O) groups is 1. The third-order valence-corrected chi connectivity index (χ3v) is 2.93. The minimum Gasteiger partial charge on any atom is -0.423 e. The highest BCUT2D eigenvalue weighted by atomic mass is 16.5. The van der Waals surface area contributed by atoms with Crippen molar-refractivity contribution in [2.75, 3.05) is 0 Å². The Bertz CT molecular complexity index is 649. The number of carbonyl (C=O) groups excluding carboxylic acids is 1. The molecule has 0 aromatic heterocycles. The first-order valence-electron chi connectivity index (χ1n) is 6.08. The van der Waals surface area contributed by atoms with E-state index in [2.05, 4.69) is 24.3 Å². The summed E-state index contributed by atoms with van der Waals surface area (Å²) in [5, 5.41) is 0. The molecule has 3 rings (SSSR count). The van der Waals surface area contributed by atoms with Crippen LogP contribution < -0.4 is 0 Å². The van der Waals surface area contributed by atoms with E-state index in [1.165, 1.54) is 17.2 Å². The second kappa shape index (κ2) is 4.94. The molecule has 2 aromatic rings. The number of ether oxygens (including phenoxy) is 1. The third kappa shape index (κ3) is 2.63. The summed E-state index contributed by atoms with van der Waals surface area (Å²) in [7, 11) is 0. The minimum atomic E-state index is -0.313. The van der Waals surface area contributed by atoms with Crippen LogP contribution >= 0.6 is 0 Å². The zero-order valence-corrected chi connectivity index (χ0v) is 10.2. The zero-order chi connectivity index (χ0) is 13.1. The fourth-order valence-electron chi connectivity index (χ4n) is 1.98. The van der Waals surface area contributed by atoms with Crippen LogP contribution in [0, 0.1) is 0 Å². The van der Waals surface area contributed by atoms with Crippen LogP contribution in [0.1, 0.15) is 5.56 Å². The molecule has 1 aliphatic rings. The van der Waals surface area contributed by atoms with Crippen LogP contribution in [-0.4, -0.2) is 5.97 Å². The van der Waals surface area contributed by atoms with Crippen molar-refractivity contribution < 1.29 is 9.53 Å². The molecule has 1 aliphatic heterocycles. The number of hydrogen-bond donors (Lipinski definition) is 0. The lowest BCUT2D eigenvalue weighted by Crippen LogP contribution is -1.89. The van der Waals surface area contributed by atoms with E-state index in [-0.39, 0.29) is 5.97 Å². The Labute approximate surface area is 111 Å².